The lowest BCUT2D eigenvalue weighted by Gasteiger charge is -2.28. The number of carbonyl (C=O) groups is 2. The summed E-state index contributed by atoms with van der Waals surface area (Å²) in [4.78, 5) is 28.1. The van der Waals surface area contributed by atoms with Crippen molar-refractivity contribution in [3.8, 4) is 0 Å². The Kier molecular flexibility index (Phi) is 5.26. The maximum atomic E-state index is 14.2. The van der Waals surface area contributed by atoms with E-state index in [0.29, 0.717) is 0 Å². The molecule has 0 bridgehead atoms. The molecule has 0 aliphatic carbocycles. The Labute approximate surface area is 157 Å². The summed E-state index contributed by atoms with van der Waals surface area (Å²) in [6.07, 6.45) is 0.0482. The lowest BCUT2D eigenvalue weighted by atomic mass is 10.0. The molecule has 1 heterocycles. The Balaban J connectivity index is 1.74. The highest BCUT2D eigenvalue weighted by Crippen LogP contribution is 2.30. The minimum Gasteiger partial charge on any atom is -0.339 e. The molecule has 0 aromatic heterocycles. The Morgan fingerprint density at radius 1 is 1.19 bits per heavy atom. The molecule has 1 aliphatic rings. The number of halogens is 2. The Hall–Kier alpha value is -2.76. The molecule has 142 valence electrons. The highest BCUT2D eigenvalue weighted by atomic mass is 19.1. The molecule has 0 saturated carbocycles. The largest absolute Gasteiger partial charge is 0.339 e. The molecule has 3 rings (SSSR count). The van der Waals surface area contributed by atoms with Crippen LogP contribution in [0.15, 0.2) is 42.5 Å². The first kappa shape index (κ1) is 19.0. The van der Waals surface area contributed by atoms with Crippen LogP contribution >= 0.6 is 0 Å². The van der Waals surface area contributed by atoms with E-state index in [-0.39, 0.29) is 42.3 Å². The van der Waals surface area contributed by atoms with Gasteiger partial charge in [0.25, 0.3) is 0 Å². The van der Waals surface area contributed by atoms with Crippen molar-refractivity contribution in [3.63, 3.8) is 0 Å². The third kappa shape index (κ3) is 3.84. The van der Waals surface area contributed by atoms with Crippen molar-refractivity contribution < 1.29 is 18.4 Å². The van der Waals surface area contributed by atoms with Gasteiger partial charge in [-0.2, -0.15) is 0 Å². The van der Waals surface area contributed by atoms with E-state index in [2.05, 4.69) is 0 Å². The van der Waals surface area contributed by atoms with Crippen molar-refractivity contribution >= 4 is 17.5 Å². The lowest BCUT2D eigenvalue weighted by Crippen LogP contribution is -2.36. The second-order valence-electron chi connectivity index (χ2n) is 7.04. The van der Waals surface area contributed by atoms with Crippen molar-refractivity contribution in [2.75, 3.05) is 18.5 Å². The van der Waals surface area contributed by atoms with Crippen LogP contribution in [0.3, 0.4) is 0 Å². The number of hydrogen-bond acceptors (Lipinski definition) is 2. The smallest absolute Gasteiger partial charge is 0.228 e. The van der Waals surface area contributed by atoms with Gasteiger partial charge in [-0.05, 0) is 49.2 Å². The van der Waals surface area contributed by atoms with Gasteiger partial charge in [-0.3, -0.25) is 9.59 Å². The normalized spacial score (nSPS) is 17.9. The van der Waals surface area contributed by atoms with Crippen LogP contribution in [0.1, 0.15) is 30.5 Å². The number of aryl methyl sites for hydroxylation is 1. The van der Waals surface area contributed by atoms with E-state index in [0.717, 1.165) is 11.1 Å². The highest BCUT2D eigenvalue weighted by Gasteiger charge is 2.38. The molecule has 2 amide bonds. The molecule has 27 heavy (non-hydrogen) atoms. The molecular weight excluding hydrogens is 350 g/mol. The standard InChI is InChI=1S/C21H22F2N2O2/c1-13-4-9-19(18(23)10-13)25-12-16(11-20(25)26)21(27)24(3)14(2)15-5-7-17(22)8-6-15/h4-10,14,16H,11-12H2,1-3H3. The van der Waals surface area contributed by atoms with Crippen molar-refractivity contribution in [2.45, 2.75) is 26.3 Å². The molecule has 4 nitrogen and oxygen atoms in total. The molecule has 2 aromatic carbocycles. The first-order valence-corrected chi connectivity index (χ1v) is 8.86. The van der Waals surface area contributed by atoms with Crippen LogP contribution in [-0.2, 0) is 9.59 Å². The van der Waals surface area contributed by atoms with Gasteiger partial charge in [0.1, 0.15) is 11.6 Å². The predicted octanol–water partition coefficient (Wildman–Crippen LogP) is 3.85. The summed E-state index contributed by atoms with van der Waals surface area (Å²) in [5.74, 6) is -1.79. The summed E-state index contributed by atoms with van der Waals surface area (Å²) in [5.41, 5.74) is 1.77. The Morgan fingerprint density at radius 3 is 2.48 bits per heavy atom. The van der Waals surface area contributed by atoms with Gasteiger partial charge < -0.3 is 9.80 Å². The van der Waals surface area contributed by atoms with Gasteiger partial charge in [0.2, 0.25) is 11.8 Å². The molecule has 0 spiro atoms. The fourth-order valence-corrected chi connectivity index (χ4v) is 3.38. The molecule has 1 fully saturated rings. The lowest BCUT2D eigenvalue weighted by molar-refractivity contribution is -0.136. The van der Waals surface area contributed by atoms with Gasteiger partial charge in [-0.15, -0.1) is 0 Å². The van der Waals surface area contributed by atoms with E-state index in [4.69, 9.17) is 0 Å². The average Bonchev–Trinajstić information content (AvgIpc) is 3.02. The van der Waals surface area contributed by atoms with Crippen LogP contribution < -0.4 is 4.90 Å². The third-order valence-electron chi connectivity index (χ3n) is 5.15. The van der Waals surface area contributed by atoms with E-state index in [9.17, 15) is 18.4 Å². The fraction of sp³-hybridized carbons (Fsp3) is 0.333. The summed E-state index contributed by atoms with van der Waals surface area (Å²) in [5, 5.41) is 0. The maximum Gasteiger partial charge on any atom is 0.228 e. The zero-order chi connectivity index (χ0) is 19.7. The molecule has 6 heteroatoms. The zero-order valence-electron chi connectivity index (χ0n) is 15.6. The molecule has 0 radical (unpaired) electrons. The topological polar surface area (TPSA) is 40.6 Å². The quantitative estimate of drug-likeness (QED) is 0.818. The number of amides is 2. The molecular formula is C21H22F2N2O2. The SMILES string of the molecule is Cc1ccc(N2CC(C(=O)N(C)C(C)c3ccc(F)cc3)CC2=O)c(F)c1. The molecule has 2 aromatic rings. The van der Waals surface area contributed by atoms with E-state index in [1.54, 1.807) is 43.1 Å². The van der Waals surface area contributed by atoms with Crippen molar-refractivity contribution in [1.29, 1.82) is 0 Å². The minimum absolute atomic E-state index is 0.0482. The van der Waals surface area contributed by atoms with E-state index >= 15 is 0 Å². The Morgan fingerprint density at radius 2 is 1.85 bits per heavy atom. The van der Waals surface area contributed by atoms with E-state index in [1.807, 2.05) is 6.92 Å². The second-order valence-corrected chi connectivity index (χ2v) is 7.04. The van der Waals surface area contributed by atoms with Crippen molar-refractivity contribution in [3.05, 3.63) is 65.2 Å². The Bertz CT molecular complexity index is 867. The molecule has 2 unspecified atom stereocenters. The van der Waals surface area contributed by atoms with E-state index in [1.165, 1.54) is 23.1 Å². The first-order chi connectivity index (χ1) is 12.8. The minimum atomic E-state index is -0.536. The van der Waals surface area contributed by atoms with Crippen LogP contribution in [0.2, 0.25) is 0 Å². The average molecular weight is 372 g/mol. The summed E-state index contributed by atoms with van der Waals surface area (Å²) < 4.78 is 27.3. The van der Waals surface area contributed by atoms with Crippen LogP contribution in [0.4, 0.5) is 14.5 Å². The van der Waals surface area contributed by atoms with Crippen molar-refractivity contribution in [2.24, 2.45) is 5.92 Å². The zero-order valence-corrected chi connectivity index (χ0v) is 15.6. The molecule has 1 aliphatic heterocycles. The predicted molar refractivity (Wildman–Crippen MR) is 99.2 cm³/mol. The van der Waals surface area contributed by atoms with Gasteiger partial charge in [0, 0.05) is 20.0 Å². The molecule has 0 N–H and O–H groups in total. The van der Waals surface area contributed by atoms with Crippen LogP contribution in [0, 0.1) is 24.5 Å². The van der Waals surface area contributed by atoms with Gasteiger partial charge in [-0.25, -0.2) is 8.78 Å². The second kappa shape index (κ2) is 7.47. The number of benzene rings is 2. The first-order valence-electron chi connectivity index (χ1n) is 8.86. The fourth-order valence-electron chi connectivity index (χ4n) is 3.38. The monoisotopic (exact) mass is 372 g/mol. The van der Waals surface area contributed by atoms with Gasteiger partial charge in [-0.1, -0.05) is 18.2 Å². The highest BCUT2D eigenvalue weighted by molar-refractivity contribution is 6.00. The third-order valence-corrected chi connectivity index (χ3v) is 5.15. The number of nitrogens with zero attached hydrogens (tertiary/aromatic N) is 2. The van der Waals surface area contributed by atoms with Crippen molar-refractivity contribution in [1.82, 2.24) is 4.90 Å². The summed E-state index contributed by atoms with van der Waals surface area (Å²) in [7, 11) is 1.66. The summed E-state index contributed by atoms with van der Waals surface area (Å²) in [6.45, 7) is 3.77. The number of hydrogen-bond donors (Lipinski definition) is 0. The number of anilines is 1. The molecule has 1 saturated heterocycles. The summed E-state index contributed by atoms with van der Waals surface area (Å²) in [6, 6.07) is 10.4. The van der Waals surface area contributed by atoms with Crippen LogP contribution in [-0.4, -0.2) is 30.3 Å². The van der Waals surface area contributed by atoms with Crippen LogP contribution in [0.5, 0.6) is 0 Å². The van der Waals surface area contributed by atoms with Gasteiger partial charge in [0.05, 0.1) is 17.6 Å². The number of carbonyl (C=O) groups excluding carboxylic acids is 2. The van der Waals surface area contributed by atoms with Gasteiger partial charge >= 0.3 is 0 Å². The summed E-state index contributed by atoms with van der Waals surface area (Å²) >= 11 is 0. The van der Waals surface area contributed by atoms with Crippen LogP contribution in [0.25, 0.3) is 0 Å². The van der Waals surface area contributed by atoms with E-state index < -0.39 is 11.7 Å². The van der Waals surface area contributed by atoms with Gasteiger partial charge in [0.15, 0.2) is 0 Å². The molecule has 2 atom stereocenters. The number of rotatable bonds is 4. The maximum absolute atomic E-state index is 14.2.